The lowest BCUT2D eigenvalue weighted by molar-refractivity contribution is 0.0968. The maximum atomic E-state index is 12.8. The highest BCUT2D eigenvalue weighted by Gasteiger charge is 2.26. The molecule has 0 N–H and O–H groups in total. The molecule has 4 rings (SSSR count). The first kappa shape index (κ1) is 15.0. The van der Waals surface area contributed by atoms with Gasteiger partial charge in [-0.1, -0.05) is 45.4 Å². The van der Waals surface area contributed by atoms with Crippen LogP contribution in [0.4, 0.5) is 5.69 Å². The summed E-state index contributed by atoms with van der Waals surface area (Å²) in [5, 5.41) is 3.94. The molecule has 2 heterocycles. The minimum Gasteiger partial charge on any atom is -0.490 e. The van der Waals surface area contributed by atoms with Crippen molar-refractivity contribution in [3.63, 3.8) is 0 Å². The van der Waals surface area contributed by atoms with Crippen LogP contribution in [0.2, 0.25) is 0 Å². The number of para-hydroxylation sites is 2. The largest absolute Gasteiger partial charge is 0.490 e. The van der Waals surface area contributed by atoms with E-state index < -0.39 is 0 Å². The van der Waals surface area contributed by atoms with Gasteiger partial charge in [-0.05, 0) is 24.3 Å². The lowest BCUT2D eigenvalue weighted by atomic mass is 10.1. The average Bonchev–Trinajstić information content (AvgIpc) is 3.11. The SMILES string of the molecule is O=C(c1cc(-c2ccc(Br)cc2)on1)N1CCOc2ccccc21. The van der Waals surface area contributed by atoms with Crippen molar-refractivity contribution in [3.05, 3.63) is 64.8 Å². The van der Waals surface area contributed by atoms with Gasteiger partial charge in [-0.2, -0.15) is 0 Å². The maximum absolute atomic E-state index is 12.8. The van der Waals surface area contributed by atoms with E-state index in [4.69, 9.17) is 9.26 Å². The van der Waals surface area contributed by atoms with Crippen LogP contribution >= 0.6 is 15.9 Å². The Kier molecular flexibility index (Phi) is 3.82. The third kappa shape index (κ3) is 2.69. The van der Waals surface area contributed by atoms with Crippen molar-refractivity contribution in [2.45, 2.75) is 0 Å². The molecule has 0 unspecified atom stereocenters. The maximum Gasteiger partial charge on any atom is 0.280 e. The number of hydrogen-bond acceptors (Lipinski definition) is 4. The molecular formula is C18H13BrN2O3. The Morgan fingerprint density at radius 2 is 1.92 bits per heavy atom. The highest BCUT2D eigenvalue weighted by Crippen LogP contribution is 2.32. The fourth-order valence-electron chi connectivity index (χ4n) is 2.64. The van der Waals surface area contributed by atoms with Crippen molar-refractivity contribution >= 4 is 27.5 Å². The lowest BCUT2D eigenvalue weighted by Gasteiger charge is -2.28. The number of nitrogens with zero attached hydrogens (tertiary/aromatic N) is 2. The summed E-state index contributed by atoms with van der Waals surface area (Å²) in [5.74, 6) is 1.07. The van der Waals surface area contributed by atoms with Crippen LogP contribution in [-0.2, 0) is 0 Å². The fourth-order valence-corrected chi connectivity index (χ4v) is 2.91. The van der Waals surface area contributed by atoms with Crippen molar-refractivity contribution < 1.29 is 14.1 Å². The Bertz CT molecular complexity index is 889. The smallest absolute Gasteiger partial charge is 0.280 e. The van der Waals surface area contributed by atoms with E-state index in [1.165, 1.54) is 0 Å². The minimum atomic E-state index is -0.196. The van der Waals surface area contributed by atoms with Crippen LogP contribution in [0, 0.1) is 0 Å². The Balaban J connectivity index is 1.63. The molecule has 0 saturated carbocycles. The third-order valence-corrected chi connectivity index (χ3v) is 4.36. The van der Waals surface area contributed by atoms with E-state index in [-0.39, 0.29) is 11.6 Å². The highest BCUT2D eigenvalue weighted by atomic mass is 79.9. The number of ether oxygens (including phenoxy) is 1. The normalized spacial score (nSPS) is 13.3. The number of amides is 1. The zero-order valence-corrected chi connectivity index (χ0v) is 14.2. The van der Waals surface area contributed by atoms with Crippen LogP contribution in [0.3, 0.4) is 0 Å². The molecule has 0 atom stereocenters. The molecule has 0 radical (unpaired) electrons. The molecule has 1 amide bonds. The van der Waals surface area contributed by atoms with Crippen molar-refractivity contribution in [1.29, 1.82) is 0 Å². The summed E-state index contributed by atoms with van der Waals surface area (Å²) in [4.78, 5) is 14.5. The number of hydrogen-bond donors (Lipinski definition) is 0. The zero-order valence-electron chi connectivity index (χ0n) is 12.6. The average molecular weight is 385 g/mol. The van der Waals surface area contributed by atoms with Crippen LogP contribution < -0.4 is 9.64 Å². The molecule has 1 aliphatic rings. The first-order chi connectivity index (χ1) is 11.7. The number of fused-ring (bicyclic) bond motifs is 1. The highest BCUT2D eigenvalue weighted by molar-refractivity contribution is 9.10. The van der Waals surface area contributed by atoms with Crippen molar-refractivity contribution in [2.75, 3.05) is 18.1 Å². The van der Waals surface area contributed by atoms with Crippen molar-refractivity contribution in [3.8, 4) is 17.1 Å². The molecule has 120 valence electrons. The molecule has 0 spiro atoms. The number of rotatable bonds is 2. The van der Waals surface area contributed by atoms with Crippen molar-refractivity contribution in [2.24, 2.45) is 0 Å². The summed E-state index contributed by atoms with van der Waals surface area (Å²) in [5.41, 5.74) is 1.90. The van der Waals surface area contributed by atoms with Gasteiger partial charge >= 0.3 is 0 Å². The van der Waals surface area contributed by atoms with E-state index in [1.807, 2.05) is 48.5 Å². The quantitative estimate of drug-likeness (QED) is 0.665. The van der Waals surface area contributed by atoms with Crippen LogP contribution in [0.1, 0.15) is 10.5 Å². The van der Waals surface area contributed by atoms with Gasteiger partial charge in [0.2, 0.25) is 0 Å². The van der Waals surface area contributed by atoms with Gasteiger partial charge in [-0.3, -0.25) is 9.69 Å². The number of benzene rings is 2. The topological polar surface area (TPSA) is 55.6 Å². The third-order valence-electron chi connectivity index (χ3n) is 3.83. The monoisotopic (exact) mass is 384 g/mol. The second kappa shape index (κ2) is 6.13. The molecule has 5 nitrogen and oxygen atoms in total. The summed E-state index contributed by atoms with van der Waals surface area (Å²) >= 11 is 3.40. The second-order valence-electron chi connectivity index (χ2n) is 5.36. The Morgan fingerprint density at radius 1 is 1.12 bits per heavy atom. The summed E-state index contributed by atoms with van der Waals surface area (Å²) in [6, 6.07) is 16.8. The summed E-state index contributed by atoms with van der Waals surface area (Å²) in [6.45, 7) is 0.941. The Hall–Kier alpha value is -2.60. The number of halogens is 1. The summed E-state index contributed by atoms with van der Waals surface area (Å²) in [6.07, 6.45) is 0. The summed E-state index contributed by atoms with van der Waals surface area (Å²) < 4.78 is 11.9. The minimum absolute atomic E-state index is 0.196. The summed E-state index contributed by atoms with van der Waals surface area (Å²) in [7, 11) is 0. The van der Waals surface area contributed by atoms with Gasteiger partial charge in [-0.15, -0.1) is 0 Å². The van der Waals surface area contributed by atoms with Gasteiger partial charge in [-0.25, -0.2) is 0 Å². The van der Waals surface area contributed by atoms with E-state index >= 15 is 0 Å². The van der Waals surface area contributed by atoms with E-state index in [0.29, 0.717) is 24.7 Å². The first-order valence-corrected chi connectivity index (χ1v) is 8.28. The van der Waals surface area contributed by atoms with E-state index in [9.17, 15) is 4.79 Å². The number of anilines is 1. The van der Waals surface area contributed by atoms with Crippen molar-refractivity contribution in [1.82, 2.24) is 5.16 Å². The van der Waals surface area contributed by atoms with Gasteiger partial charge in [0.1, 0.15) is 12.4 Å². The van der Waals surface area contributed by atoms with Crippen LogP contribution in [0.15, 0.2) is 63.6 Å². The van der Waals surface area contributed by atoms with Gasteiger partial charge in [0.25, 0.3) is 5.91 Å². The second-order valence-corrected chi connectivity index (χ2v) is 6.27. The van der Waals surface area contributed by atoms with E-state index in [1.54, 1.807) is 11.0 Å². The first-order valence-electron chi connectivity index (χ1n) is 7.49. The molecule has 24 heavy (non-hydrogen) atoms. The molecular weight excluding hydrogens is 372 g/mol. The molecule has 6 heteroatoms. The number of carbonyl (C=O) groups is 1. The fraction of sp³-hybridized carbons (Fsp3) is 0.111. The number of carbonyl (C=O) groups excluding carboxylic acids is 1. The van der Waals surface area contributed by atoms with E-state index in [2.05, 4.69) is 21.1 Å². The van der Waals surface area contributed by atoms with Crippen LogP contribution in [0.25, 0.3) is 11.3 Å². The predicted molar refractivity (Wildman–Crippen MR) is 93.3 cm³/mol. The van der Waals surface area contributed by atoms with Crippen LogP contribution in [0.5, 0.6) is 5.75 Å². The molecule has 3 aromatic rings. The van der Waals surface area contributed by atoms with Gasteiger partial charge in [0.15, 0.2) is 11.5 Å². The number of aromatic nitrogens is 1. The van der Waals surface area contributed by atoms with Crippen LogP contribution in [-0.4, -0.2) is 24.2 Å². The Morgan fingerprint density at radius 3 is 2.75 bits per heavy atom. The molecule has 1 aromatic heterocycles. The molecule has 0 saturated heterocycles. The zero-order chi connectivity index (χ0) is 16.5. The van der Waals surface area contributed by atoms with Gasteiger partial charge < -0.3 is 9.26 Å². The lowest BCUT2D eigenvalue weighted by Crippen LogP contribution is -2.38. The standard InChI is InChI=1S/C18H13BrN2O3/c19-13-7-5-12(6-8-13)17-11-14(20-24-17)18(22)21-9-10-23-16-4-2-1-3-15(16)21/h1-8,11H,9-10H2. The molecule has 1 aliphatic heterocycles. The Labute approximate surface area is 147 Å². The molecule has 0 aliphatic carbocycles. The predicted octanol–water partition coefficient (Wildman–Crippen LogP) is 4.14. The van der Waals surface area contributed by atoms with E-state index in [0.717, 1.165) is 15.7 Å². The van der Waals surface area contributed by atoms with Gasteiger partial charge in [0, 0.05) is 16.1 Å². The molecule has 0 fully saturated rings. The van der Waals surface area contributed by atoms with Gasteiger partial charge in [0.05, 0.1) is 12.2 Å². The molecule has 0 bridgehead atoms. The molecule has 2 aromatic carbocycles.